The van der Waals surface area contributed by atoms with E-state index in [1.807, 2.05) is 25.1 Å². The van der Waals surface area contributed by atoms with E-state index in [9.17, 15) is 4.79 Å². The predicted octanol–water partition coefficient (Wildman–Crippen LogP) is 2.94. The Hall–Kier alpha value is -2.56. The summed E-state index contributed by atoms with van der Waals surface area (Å²) in [4.78, 5) is 16.1. The van der Waals surface area contributed by atoms with E-state index in [2.05, 4.69) is 21.7 Å². The molecular formula is C18H21N3O2. The fourth-order valence-electron chi connectivity index (χ4n) is 3.02. The third-order valence-electron chi connectivity index (χ3n) is 4.13. The van der Waals surface area contributed by atoms with E-state index >= 15 is 0 Å². The maximum Gasteiger partial charge on any atom is 0.252 e. The van der Waals surface area contributed by atoms with Crippen LogP contribution in [0.25, 0.3) is 0 Å². The number of nitrogens with one attached hydrogen (secondary N) is 2. The molecule has 1 unspecified atom stereocenters. The SMILES string of the molecule is CCNC(=O)c1ccc(NC2CCc3c(OC)cccc32)nc1. The molecule has 0 saturated carbocycles. The van der Waals surface area contributed by atoms with Gasteiger partial charge in [0.05, 0.1) is 18.7 Å². The van der Waals surface area contributed by atoms with E-state index in [0.29, 0.717) is 12.1 Å². The summed E-state index contributed by atoms with van der Waals surface area (Å²) in [6, 6.07) is 10.0. The smallest absolute Gasteiger partial charge is 0.252 e. The van der Waals surface area contributed by atoms with Crippen molar-refractivity contribution in [3.63, 3.8) is 0 Å². The molecule has 0 saturated heterocycles. The first-order valence-electron chi connectivity index (χ1n) is 7.89. The van der Waals surface area contributed by atoms with Crippen LogP contribution in [0.15, 0.2) is 36.5 Å². The first-order valence-corrected chi connectivity index (χ1v) is 7.89. The number of hydrogen-bond donors (Lipinski definition) is 2. The monoisotopic (exact) mass is 311 g/mol. The molecule has 0 aliphatic heterocycles. The standard InChI is InChI=1S/C18H21N3O2/c1-3-19-18(22)12-7-10-17(20-11-12)21-15-9-8-14-13(15)5-4-6-16(14)23-2/h4-7,10-11,15H,3,8-9H2,1-2H3,(H,19,22)(H,20,21). The highest BCUT2D eigenvalue weighted by Crippen LogP contribution is 2.38. The predicted molar refractivity (Wildman–Crippen MR) is 89.9 cm³/mol. The quantitative estimate of drug-likeness (QED) is 0.891. The van der Waals surface area contributed by atoms with Crippen molar-refractivity contribution in [2.45, 2.75) is 25.8 Å². The normalized spacial score (nSPS) is 15.8. The van der Waals surface area contributed by atoms with Crippen LogP contribution in [0.1, 0.15) is 40.9 Å². The molecule has 0 radical (unpaired) electrons. The van der Waals surface area contributed by atoms with E-state index in [4.69, 9.17) is 4.74 Å². The summed E-state index contributed by atoms with van der Waals surface area (Å²) in [7, 11) is 1.71. The molecule has 1 aliphatic rings. The minimum atomic E-state index is -0.0949. The lowest BCUT2D eigenvalue weighted by atomic mass is 10.1. The Morgan fingerprint density at radius 2 is 2.22 bits per heavy atom. The molecule has 1 heterocycles. The zero-order valence-corrected chi connectivity index (χ0v) is 13.4. The minimum absolute atomic E-state index is 0.0949. The lowest BCUT2D eigenvalue weighted by Gasteiger charge is -2.15. The van der Waals surface area contributed by atoms with Crippen LogP contribution in [0.2, 0.25) is 0 Å². The van der Waals surface area contributed by atoms with Gasteiger partial charge in [0.15, 0.2) is 0 Å². The molecule has 1 amide bonds. The molecule has 0 spiro atoms. The Labute approximate surface area is 136 Å². The van der Waals surface area contributed by atoms with Gasteiger partial charge < -0.3 is 15.4 Å². The number of fused-ring (bicyclic) bond motifs is 1. The van der Waals surface area contributed by atoms with Gasteiger partial charge in [-0.1, -0.05) is 12.1 Å². The first kappa shape index (κ1) is 15.3. The number of anilines is 1. The van der Waals surface area contributed by atoms with Crippen LogP contribution in [0.3, 0.4) is 0 Å². The average molecular weight is 311 g/mol. The number of benzene rings is 1. The molecule has 1 atom stereocenters. The first-order chi connectivity index (χ1) is 11.2. The van der Waals surface area contributed by atoms with Gasteiger partial charge >= 0.3 is 0 Å². The van der Waals surface area contributed by atoms with Crippen molar-refractivity contribution in [3.8, 4) is 5.75 Å². The van der Waals surface area contributed by atoms with Gasteiger partial charge in [-0.25, -0.2) is 4.98 Å². The molecule has 0 bridgehead atoms. The molecule has 5 heteroatoms. The summed E-state index contributed by atoms with van der Waals surface area (Å²) in [5.41, 5.74) is 3.11. The minimum Gasteiger partial charge on any atom is -0.496 e. The highest BCUT2D eigenvalue weighted by atomic mass is 16.5. The second-order valence-electron chi connectivity index (χ2n) is 5.56. The highest BCUT2D eigenvalue weighted by molar-refractivity contribution is 5.93. The number of amides is 1. The number of nitrogens with zero attached hydrogens (tertiary/aromatic N) is 1. The molecule has 3 rings (SSSR count). The maximum absolute atomic E-state index is 11.7. The lowest BCUT2D eigenvalue weighted by Crippen LogP contribution is -2.22. The molecule has 1 aromatic heterocycles. The Bertz CT molecular complexity index is 698. The number of carbonyl (C=O) groups excluding carboxylic acids is 1. The molecule has 1 aliphatic carbocycles. The Morgan fingerprint density at radius 1 is 1.35 bits per heavy atom. The van der Waals surface area contributed by atoms with E-state index in [-0.39, 0.29) is 11.9 Å². The molecule has 2 aromatic rings. The zero-order valence-electron chi connectivity index (χ0n) is 13.4. The van der Waals surface area contributed by atoms with Gasteiger partial charge in [-0.3, -0.25) is 4.79 Å². The van der Waals surface area contributed by atoms with Crippen LogP contribution in [0.4, 0.5) is 5.82 Å². The fraction of sp³-hybridized carbons (Fsp3) is 0.333. The molecular weight excluding hydrogens is 290 g/mol. The van der Waals surface area contributed by atoms with Crippen molar-refractivity contribution in [2.24, 2.45) is 0 Å². The number of aromatic nitrogens is 1. The molecule has 5 nitrogen and oxygen atoms in total. The summed E-state index contributed by atoms with van der Waals surface area (Å²) < 4.78 is 5.43. The average Bonchev–Trinajstić information content (AvgIpc) is 2.99. The van der Waals surface area contributed by atoms with E-state index < -0.39 is 0 Å². The van der Waals surface area contributed by atoms with Crippen LogP contribution < -0.4 is 15.4 Å². The second-order valence-corrected chi connectivity index (χ2v) is 5.56. The number of methoxy groups -OCH3 is 1. The Morgan fingerprint density at radius 3 is 2.91 bits per heavy atom. The molecule has 120 valence electrons. The summed E-state index contributed by atoms with van der Waals surface area (Å²) in [5.74, 6) is 1.63. The molecule has 0 fully saturated rings. The van der Waals surface area contributed by atoms with Crippen molar-refractivity contribution in [1.82, 2.24) is 10.3 Å². The van der Waals surface area contributed by atoms with Crippen LogP contribution in [-0.2, 0) is 6.42 Å². The molecule has 1 aromatic carbocycles. The summed E-state index contributed by atoms with van der Waals surface area (Å²) in [6.45, 7) is 2.51. The van der Waals surface area contributed by atoms with Crippen LogP contribution in [0, 0.1) is 0 Å². The fourth-order valence-corrected chi connectivity index (χ4v) is 3.02. The van der Waals surface area contributed by atoms with Gasteiger partial charge in [0.1, 0.15) is 11.6 Å². The van der Waals surface area contributed by atoms with E-state index in [1.54, 1.807) is 19.4 Å². The van der Waals surface area contributed by atoms with Crippen LogP contribution in [0.5, 0.6) is 5.75 Å². The topological polar surface area (TPSA) is 63.2 Å². The number of hydrogen-bond acceptors (Lipinski definition) is 4. The van der Waals surface area contributed by atoms with Gasteiger partial charge in [-0.2, -0.15) is 0 Å². The Kier molecular flexibility index (Phi) is 4.46. The van der Waals surface area contributed by atoms with Crippen LogP contribution >= 0.6 is 0 Å². The third kappa shape index (κ3) is 3.13. The second kappa shape index (κ2) is 6.69. The number of carbonyl (C=O) groups is 1. The zero-order chi connectivity index (χ0) is 16.2. The number of ether oxygens (including phenoxy) is 1. The van der Waals surface area contributed by atoms with Crippen molar-refractivity contribution in [1.29, 1.82) is 0 Å². The third-order valence-corrected chi connectivity index (χ3v) is 4.13. The highest BCUT2D eigenvalue weighted by Gasteiger charge is 2.25. The summed E-state index contributed by atoms with van der Waals surface area (Å²) >= 11 is 0. The van der Waals surface area contributed by atoms with Gasteiger partial charge in [-0.05, 0) is 49.1 Å². The van der Waals surface area contributed by atoms with Crippen molar-refractivity contribution in [2.75, 3.05) is 19.0 Å². The van der Waals surface area contributed by atoms with Gasteiger partial charge in [-0.15, -0.1) is 0 Å². The summed E-state index contributed by atoms with van der Waals surface area (Å²) in [5, 5.41) is 6.21. The van der Waals surface area contributed by atoms with Crippen molar-refractivity contribution < 1.29 is 9.53 Å². The van der Waals surface area contributed by atoms with Gasteiger partial charge in [0.25, 0.3) is 5.91 Å². The Balaban J connectivity index is 1.74. The van der Waals surface area contributed by atoms with E-state index in [1.165, 1.54) is 11.1 Å². The molecule has 2 N–H and O–H groups in total. The van der Waals surface area contributed by atoms with Gasteiger partial charge in [0, 0.05) is 12.7 Å². The maximum atomic E-state index is 11.7. The molecule has 23 heavy (non-hydrogen) atoms. The number of rotatable bonds is 5. The summed E-state index contributed by atoms with van der Waals surface area (Å²) in [6.07, 6.45) is 3.61. The lowest BCUT2D eigenvalue weighted by molar-refractivity contribution is 0.0955. The number of pyridine rings is 1. The van der Waals surface area contributed by atoms with Crippen molar-refractivity contribution >= 4 is 11.7 Å². The van der Waals surface area contributed by atoms with Crippen molar-refractivity contribution in [3.05, 3.63) is 53.2 Å². The van der Waals surface area contributed by atoms with E-state index in [0.717, 1.165) is 24.4 Å². The van der Waals surface area contributed by atoms with Gasteiger partial charge in [0.2, 0.25) is 0 Å². The van der Waals surface area contributed by atoms with Crippen LogP contribution in [-0.4, -0.2) is 24.5 Å². The largest absolute Gasteiger partial charge is 0.496 e.